The molecule has 5 rings (SSSR count). The lowest BCUT2D eigenvalue weighted by Crippen LogP contribution is -2.05. The topological polar surface area (TPSA) is 101 Å². The highest BCUT2D eigenvalue weighted by atomic mass is 16.2. The lowest BCUT2D eigenvalue weighted by atomic mass is 9.92. The molecular weight excluding hydrogens is 496 g/mol. The molecule has 6 heteroatoms. The number of fused-ring (bicyclic) bond motifs is 1. The van der Waals surface area contributed by atoms with E-state index in [2.05, 4.69) is 109 Å². The third kappa shape index (κ3) is 8.56. The average molecular weight is 539 g/mol. The molecule has 2 heterocycles. The Bertz CT molecular complexity index is 1410. The Morgan fingerprint density at radius 2 is 1.40 bits per heavy atom. The molecule has 0 aliphatic carbocycles. The van der Waals surface area contributed by atoms with E-state index in [-0.39, 0.29) is 0 Å². The Morgan fingerprint density at radius 3 is 2.00 bits per heavy atom. The van der Waals surface area contributed by atoms with Crippen molar-refractivity contribution >= 4 is 23.4 Å². The fourth-order valence-electron chi connectivity index (χ4n) is 4.31. The van der Waals surface area contributed by atoms with Crippen molar-refractivity contribution in [1.82, 2.24) is 9.97 Å². The summed E-state index contributed by atoms with van der Waals surface area (Å²) in [5.74, 6) is 0.908. The zero-order valence-electron chi connectivity index (χ0n) is 24.5. The number of hydrogen-bond acceptors (Lipinski definition) is 6. The highest BCUT2D eigenvalue weighted by Crippen LogP contribution is 2.40. The average Bonchev–Trinajstić information content (AvgIpc) is 3.04. The number of carbonyl (C=O) groups is 1. The molecule has 0 fully saturated rings. The number of nitrogens with two attached hydrogens (primary N) is 1. The summed E-state index contributed by atoms with van der Waals surface area (Å²) >= 11 is 0. The molecule has 0 unspecified atom stereocenters. The second kappa shape index (κ2) is 18.8. The first-order valence-electron chi connectivity index (χ1n) is 13.2. The highest BCUT2D eigenvalue weighted by molar-refractivity contribution is 6.10. The lowest BCUT2D eigenvalue weighted by molar-refractivity contribution is -0.0980. The summed E-state index contributed by atoms with van der Waals surface area (Å²) in [6, 6.07) is 29.7. The third-order valence-electron chi connectivity index (χ3n) is 5.76. The quantitative estimate of drug-likeness (QED) is 0.218. The maximum atomic E-state index is 8.00. The number of aliphatic hydroxyl groups is 1. The molecule has 4 N–H and O–H groups in total. The zero-order chi connectivity index (χ0) is 29.9. The summed E-state index contributed by atoms with van der Waals surface area (Å²) in [4.78, 5) is 17.5. The number of nitrogens with one attached hydrogen (secondary N) is 1. The molecule has 0 amide bonds. The van der Waals surface area contributed by atoms with Crippen molar-refractivity contribution in [2.45, 2.75) is 34.2 Å². The molecule has 3 aromatic carbocycles. The van der Waals surface area contributed by atoms with E-state index in [1.807, 2.05) is 39.1 Å². The number of hydrogen-bond donors (Lipinski definition) is 3. The summed E-state index contributed by atoms with van der Waals surface area (Å²) in [5, 5.41) is 12.9. The maximum Gasteiger partial charge on any atom is 0.135 e. The van der Waals surface area contributed by atoms with Gasteiger partial charge in [-0.25, -0.2) is 4.98 Å². The molecule has 0 saturated heterocycles. The number of aliphatic hydroxyl groups excluding tert-OH is 1. The molecule has 0 bridgehead atoms. The van der Waals surface area contributed by atoms with Crippen LogP contribution in [0, 0.1) is 13.8 Å². The summed E-state index contributed by atoms with van der Waals surface area (Å²) in [5.41, 5.74) is 12.4. The van der Waals surface area contributed by atoms with Gasteiger partial charge in [0, 0.05) is 48.3 Å². The number of rotatable bonds is 5. The molecule has 0 saturated carbocycles. The van der Waals surface area contributed by atoms with Crippen LogP contribution >= 0.6 is 0 Å². The number of pyridine rings is 2. The highest BCUT2D eigenvalue weighted by Gasteiger charge is 2.17. The van der Waals surface area contributed by atoms with E-state index in [1.54, 1.807) is 0 Å². The van der Waals surface area contributed by atoms with Crippen molar-refractivity contribution in [1.29, 1.82) is 0 Å². The van der Waals surface area contributed by atoms with E-state index < -0.39 is 0 Å². The van der Waals surface area contributed by atoms with Crippen LogP contribution in [-0.2, 0) is 11.3 Å². The van der Waals surface area contributed by atoms with Crippen LogP contribution in [0.3, 0.4) is 0 Å². The van der Waals surface area contributed by atoms with Crippen LogP contribution in [0.5, 0.6) is 0 Å². The minimum absolute atomic E-state index is 0.719. The van der Waals surface area contributed by atoms with Gasteiger partial charge in [0.2, 0.25) is 0 Å². The van der Waals surface area contributed by atoms with Gasteiger partial charge in [0.15, 0.2) is 0 Å². The molecule has 210 valence electrons. The third-order valence-corrected chi connectivity index (χ3v) is 5.76. The van der Waals surface area contributed by atoms with Gasteiger partial charge >= 0.3 is 0 Å². The Kier molecular flexibility index (Phi) is 15.8. The molecule has 0 atom stereocenters. The summed E-state index contributed by atoms with van der Waals surface area (Å²) in [6.07, 6.45) is 3.82. The molecule has 0 radical (unpaired) electrons. The van der Waals surface area contributed by atoms with E-state index in [1.165, 1.54) is 29.1 Å². The van der Waals surface area contributed by atoms with E-state index in [9.17, 15) is 0 Å². The molecule has 40 heavy (non-hydrogen) atoms. The monoisotopic (exact) mass is 538 g/mol. The largest absolute Gasteiger partial charge is 0.400 e. The van der Waals surface area contributed by atoms with Crippen molar-refractivity contribution in [3.8, 4) is 22.3 Å². The molecular formula is C34H42N4O2. The Morgan fingerprint density at radius 1 is 0.800 bits per heavy atom. The van der Waals surface area contributed by atoms with Gasteiger partial charge in [-0.05, 0) is 54.6 Å². The van der Waals surface area contributed by atoms with Crippen LogP contribution in [-0.4, -0.2) is 36.0 Å². The first-order chi connectivity index (χ1) is 19.7. The Balaban J connectivity index is 0.000000921. The van der Waals surface area contributed by atoms with Gasteiger partial charge in [-0.2, -0.15) is 0 Å². The molecule has 0 aliphatic heterocycles. The second-order valence-electron chi connectivity index (χ2n) is 8.11. The van der Waals surface area contributed by atoms with Gasteiger partial charge in [0.05, 0.1) is 0 Å². The van der Waals surface area contributed by atoms with E-state index in [0.717, 1.165) is 47.2 Å². The number of nitrogens with zero attached hydrogens (tertiary/aromatic N) is 2. The SMILES string of the molecule is C=O.CC.CN.CO.Cc1cncc(-c2c(C)nc(NCc3ccccc3)c3c(-c4ccccc4)cccc23)c1. The summed E-state index contributed by atoms with van der Waals surface area (Å²) in [6.45, 7) is 10.9. The van der Waals surface area contributed by atoms with Crippen molar-refractivity contribution < 1.29 is 9.90 Å². The number of anilines is 1. The second-order valence-corrected chi connectivity index (χ2v) is 8.11. The van der Waals surface area contributed by atoms with E-state index in [4.69, 9.17) is 14.9 Å². The van der Waals surface area contributed by atoms with Crippen LogP contribution in [0.25, 0.3) is 33.0 Å². The van der Waals surface area contributed by atoms with Crippen molar-refractivity contribution in [2.75, 3.05) is 19.5 Å². The minimum Gasteiger partial charge on any atom is -0.400 e. The first kappa shape index (κ1) is 33.6. The summed E-state index contributed by atoms with van der Waals surface area (Å²) < 4.78 is 0. The fraction of sp³-hybridized carbons (Fsp3) is 0.206. The number of benzene rings is 3. The van der Waals surface area contributed by atoms with Crippen LogP contribution in [0.1, 0.15) is 30.7 Å². The molecule has 0 spiro atoms. The normalized spacial score (nSPS) is 9.30. The van der Waals surface area contributed by atoms with E-state index >= 15 is 0 Å². The van der Waals surface area contributed by atoms with Crippen molar-refractivity contribution in [2.24, 2.45) is 5.73 Å². The van der Waals surface area contributed by atoms with Gasteiger partial charge < -0.3 is 21.0 Å². The van der Waals surface area contributed by atoms with Crippen LogP contribution in [0.2, 0.25) is 0 Å². The Labute approximate surface area is 239 Å². The van der Waals surface area contributed by atoms with Gasteiger partial charge in [-0.15, -0.1) is 0 Å². The minimum atomic E-state index is 0.719. The number of aryl methyl sites for hydroxylation is 2. The van der Waals surface area contributed by atoms with Gasteiger partial charge in [0.1, 0.15) is 12.6 Å². The molecule has 0 aliphatic rings. The lowest BCUT2D eigenvalue weighted by Gasteiger charge is -2.18. The number of carbonyl (C=O) groups excluding carboxylic acids is 1. The maximum absolute atomic E-state index is 8.00. The van der Waals surface area contributed by atoms with Crippen LogP contribution in [0.4, 0.5) is 5.82 Å². The fourth-order valence-corrected chi connectivity index (χ4v) is 4.31. The van der Waals surface area contributed by atoms with Gasteiger partial charge in [-0.3, -0.25) is 4.98 Å². The smallest absolute Gasteiger partial charge is 0.135 e. The predicted molar refractivity (Wildman–Crippen MR) is 170 cm³/mol. The van der Waals surface area contributed by atoms with Gasteiger partial charge in [-0.1, -0.05) is 92.7 Å². The van der Waals surface area contributed by atoms with Crippen LogP contribution in [0.15, 0.2) is 97.3 Å². The molecule has 2 aromatic heterocycles. The standard InChI is InChI=1S/C29H25N3.C2H6.CH5N.CH4O.CH2O/c1-20-16-24(19-30-17-20)27-21(2)32-29(31-18-22-10-5-3-6-11-22)28-25(14-9-15-26(27)28)23-12-7-4-8-13-23;4*1-2/h3-17,19H,18H2,1-2H3,(H,31,32);1-2H3;2H2,1H3;2H,1H3;1H2. The summed E-state index contributed by atoms with van der Waals surface area (Å²) in [7, 11) is 2.50. The van der Waals surface area contributed by atoms with Crippen LogP contribution < -0.4 is 11.1 Å². The predicted octanol–water partition coefficient (Wildman–Crippen LogP) is 7.22. The van der Waals surface area contributed by atoms with Gasteiger partial charge in [0.25, 0.3) is 0 Å². The number of aromatic nitrogens is 2. The van der Waals surface area contributed by atoms with E-state index in [0.29, 0.717) is 0 Å². The van der Waals surface area contributed by atoms with Crippen molar-refractivity contribution in [3.63, 3.8) is 0 Å². The zero-order valence-corrected chi connectivity index (χ0v) is 24.5. The Hall–Kier alpha value is -4.39. The molecule has 6 nitrogen and oxygen atoms in total. The first-order valence-corrected chi connectivity index (χ1v) is 13.2. The van der Waals surface area contributed by atoms with Crippen molar-refractivity contribution in [3.05, 3.63) is 114 Å². The molecule has 5 aromatic rings.